The van der Waals surface area contributed by atoms with Crippen LogP contribution in [-0.4, -0.2) is 18.3 Å². The van der Waals surface area contributed by atoms with E-state index in [1.165, 1.54) is 6.07 Å². The highest BCUT2D eigenvalue weighted by Crippen LogP contribution is 2.21. The normalized spacial score (nSPS) is 12.8. The molecule has 4 heteroatoms. The zero-order valence-electron chi connectivity index (χ0n) is 9.34. The van der Waals surface area contributed by atoms with Gasteiger partial charge in [-0.25, -0.2) is 4.39 Å². The van der Waals surface area contributed by atoms with Gasteiger partial charge in [-0.15, -0.1) is 0 Å². The summed E-state index contributed by atoms with van der Waals surface area (Å²) in [7, 11) is 0. The number of hydrogen-bond donors (Lipinski definition) is 2. The van der Waals surface area contributed by atoms with Crippen molar-refractivity contribution in [3.63, 3.8) is 0 Å². The molecule has 0 saturated carbocycles. The van der Waals surface area contributed by atoms with Gasteiger partial charge in [-0.2, -0.15) is 0 Å². The molecule has 0 aliphatic rings. The van der Waals surface area contributed by atoms with E-state index in [-0.39, 0.29) is 18.5 Å². The highest BCUT2D eigenvalue weighted by Gasteiger charge is 2.10. The molecule has 0 bridgehead atoms. The number of rotatable bonds is 6. The fourth-order valence-corrected chi connectivity index (χ4v) is 1.89. The molecule has 2 N–H and O–H groups in total. The highest BCUT2D eigenvalue weighted by molar-refractivity contribution is 9.10. The third kappa shape index (κ3) is 4.20. The minimum absolute atomic E-state index is 0.0174. The molecular weight excluding hydrogens is 273 g/mol. The molecule has 0 aromatic heterocycles. The first kappa shape index (κ1) is 13.6. The van der Waals surface area contributed by atoms with Crippen LogP contribution in [0.3, 0.4) is 0 Å². The number of benzene rings is 1. The summed E-state index contributed by atoms with van der Waals surface area (Å²) in [5.74, 6) is -0.189. The van der Waals surface area contributed by atoms with Crippen LogP contribution in [0.5, 0.6) is 0 Å². The molecule has 0 fully saturated rings. The van der Waals surface area contributed by atoms with Crippen molar-refractivity contribution in [2.45, 2.75) is 25.8 Å². The van der Waals surface area contributed by atoms with Crippen LogP contribution in [0.1, 0.15) is 31.4 Å². The van der Waals surface area contributed by atoms with Gasteiger partial charge >= 0.3 is 0 Å². The van der Waals surface area contributed by atoms with Gasteiger partial charge in [0.25, 0.3) is 0 Å². The molecule has 16 heavy (non-hydrogen) atoms. The van der Waals surface area contributed by atoms with E-state index < -0.39 is 0 Å². The Kier molecular flexibility index (Phi) is 5.95. The number of aliphatic hydroxyl groups is 1. The first-order valence-electron chi connectivity index (χ1n) is 5.44. The second-order valence-corrected chi connectivity index (χ2v) is 4.69. The Morgan fingerprint density at radius 2 is 2.19 bits per heavy atom. The van der Waals surface area contributed by atoms with Gasteiger partial charge in [-0.3, -0.25) is 0 Å². The zero-order valence-corrected chi connectivity index (χ0v) is 10.9. The van der Waals surface area contributed by atoms with Gasteiger partial charge in [0.2, 0.25) is 0 Å². The molecule has 0 radical (unpaired) electrons. The van der Waals surface area contributed by atoms with Gasteiger partial charge in [-0.1, -0.05) is 15.9 Å². The molecule has 0 aliphatic heterocycles. The summed E-state index contributed by atoms with van der Waals surface area (Å²) in [5, 5.41) is 11.9. The van der Waals surface area contributed by atoms with E-state index in [0.717, 1.165) is 23.9 Å². The summed E-state index contributed by atoms with van der Waals surface area (Å²) in [6, 6.07) is 4.93. The molecule has 2 nitrogen and oxygen atoms in total. The Labute approximate surface area is 104 Å². The van der Waals surface area contributed by atoms with Crippen molar-refractivity contribution in [1.82, 2.24) is 5.32 Å². The molecule has 0 amide bonds. The van der Waals surface area contributed by atoms with Crippen molar-refractivity contribution >= 4 is 15.9 Å². The van der Waals surface area contributed by atoms with Gasteiger partial charge in [-0.05, 0) is 44.5 Å². The van der Waals surface area contributed by atoms with Crippen LogP contribution in [0.25, 0.3) is 0 Å². The van der Waals surface area contributed by atoms with Crippen molar-refractivity contribution in [2.75, 3.05) is 13.2 Å². The largest absolute Gasteiger partial charge is 0.396 e. The van der Waals surface area contributed by atoms with Gasteiger partial charge < -0.3 is 10.4 Å². The third-order valence-corrected chi connectivity index (χ3v) is 2.95. The lowest BCUT2D eigenvalue weighted by Gasteiger charge is -2.15. The fraction of sp³-hybridized carbons (Fsp3) is 0.500. The summed E-state index contributed by atoms with van der Waals surface area (Å²) in [6.45, 7) is 2.93. The van der Waals surface area contributed by atoms with E-state index >= 15 is 0 Å². The van der Waals surface area contributed by atoms with E-state index in [0.29, 0.717) is 5.56 Å². The Morgan fingerprint density at radius 1 is 1.44 bits per heavy atom. The molecule has 0 aliphatic carbocycles. The standard InChI is InChI=1S/C12H17BrFNO/c1-9(15-6-2-3-7-16)11-8-10(13)4-5-12(11)14/h4-5,8-9,15-16H,2-3,6-7H2,1H3. The summed E-state index contributed by atoms with van der Waals surface area (Å²) in [5.41, 5.74) is 0.665. The molecule has 1 aromatic rings. The molecule has 0 saturated heterocycles. The monoisotopic (exact) mass is 289 g/mol. The fourth-order valence-electron chi connectivity index (χ4n) is 1.51. The number of hydrogen-bond acceptors (Lipinski definition) is 2. The Balaban J connectivity index is 2.51. The number of unbranched alkanes of at least 4 members (excludes halogenated alkanes) is 1. The SMILES string of the molecule is CC(NCCCCO)c1cc(Br)ccc1F. The maximum absolute atomic E-state index is 13.5. The Morgan fingerprint density at radius 3 is 2.88 bits per heavy atom. The van der Waals surface area contributed by atoms with Crippen LogP contribution in [0.4, 0.5) is 4.39 Å². The summed E-state index contributed by atoms with van der Waals surface area (Å²) in [6.07, 6.45) is 1.68. The average Bonchev–Trinajstić information content (AvgIpc) is 2.27. The second kappa shape index (κ2) is 6.99. The smallest absolute Gasteiger partial charge is 0.128 e. The maximum atomic E-state index is 13.5. The van der Waals surface area contributed by atoms with E-state index in [1.54, 1.807) is 12.1 Å². The maximum Gasteiger partial charge on any atom is 0.128 e. The zero-order chi connectivity index (χ0) is 12.0. The first-order chi connectivity index (χ1) is 7.65. The van der Waals surface area contributed by atoms with Crippen LogP contribution in [-0.2, 0) is 0 Å². The Bertz CT molecular complexity index is 333. The molecule has 1 atom stereocenters. The lowest BCUT2D eigenvalue weighted by Crippen LogP contribution is -2.21. The van der Waals surface area contributed by atoms with Gasteiger partial charge in [0.1, 0.15) is 5.82 Å². The number of halogens is 2. The van der Waals surface area contributed by atoms with E-state index in [2.05, 4.69) is 21.2 Å². The average molecular weight is 290 g/mol. The highest BCUT2D eigenvalue weighted by atomic mass is 79.9. The third-order valence-electron chi connectivity index (χ3n) is 2.46. The summed E-state index contributed by atoms with van der Waals surface area (Å²) in [4.78, 5) is 0. The predicted molar refractivity (Wildman–Crippen MR) is 66.8 cm³/mol. The van der Waals surface area contributed by atoms with Crippen LogP contribution in [0, 0.1) is 5.82 Å². The minimum atomic E-state index is -0.189. The molecule has 1 aromatic carbocycles. The van der Waals surface area contributed by atoms with Gasteiger partial charge in [0.05, 0.1) is 0 Å². The summed E-state index contributed by atoms with van der Waals surface area (Å²) < 4.78 is 14.4. The Hall–Kier alpha value is -0.450. The van der Waals surface area contributed by atoms with Crippen LogP contribution in [0.15, 0.2) is 22.7 Å². The molecule has 0 heterocycles. The molecule has 90 valence electrons. The second-order valence-electron chi connectivity index (χ2n) is 3.77. The lowest BCUT2D eigenvalue weighted by molar-refractivity contribution is 0.282. The van der Waals surface area contributed by atoms with E-state index in [1.807, 2.05) is 6.92 Å². The number of aliphatic hydroxyl groups excluding tert-OH is 1. The van der Waals surface area contributed by atoms with Crippen LogP contribution >= 0.6 is 15.9 Å². The molecule has 1 unspecified atom stereocenters. The molecular formula is C12H17BrFNO. The van der Waals surface area contributed by atoms with Crippen molar-refractivity contribution in [3.05, 3.63) is 34.1 Å². The van der Waals surface area contributed by atoms with Crippen LogP contribution in [0.2, 0.25) is 0 Å². The van der Waals surface area contributed by atoms with Crippen molar-refractivity contribution in [1.29, 1.82) is 0 Å². The quantitative estimate of drug-likeness (QED) is 0.789. The molecule has 1 rings (SSSR count). The number of nitrogens with one attached hydrogen (secondary N) is 1. The van der Waals surface area contributed by atoms with Crippen molar-refractivity contribution in [2.24, 2.45) is 0 Å². The lowest BCUT2D eigenvalue weighted by atomic mass is 10.1. The summed E-state index contributed by atoms with van der Waals surface area (Å²) >= 11 is 3.33. The van der Waals surface area contributed by atoms with Crippen molar-refractivity contribution in [3.8, 4) is 0 Å². The predicted octanol–water partition coefficient (Wildman–Crippen LogP) is 3.01. The van der Waals surface area contributed by atoms with Gasteiger partial charge in [0.15, 0.2) is 0 Å². The topological polar surface area (TPSA) is 32.3 Å². The minimum Gasteiger partial charge on any atom is -0.396 e. The van der Waals surface area contributed by atoms with Crippen molar-refractivity contribution < 1.29 is 9.50 Å². The van der Waals surface area contributed by atoms with E-state index in [4.69, 9.17) is 5.11 Å². The molecule has 0 spiro atoms. The first-order valence-corrected chi connectivity index (χ1v) is 6.23. The van der Waals surface area contributed by atoms with E-state index in [9.17, 15) is 4.39 Å². The van der Waals surface area contributed by atoms with Crippen LogP contribution < -0.4 is 5.32 Å². The van der Waals surface area contributed by atoms with Gasteiger partial charge in [0, 0.05) is 22.7 Å².